The Balaban J connectivity index is 2.09. The molecule has 3 atom stereocenters. The van der Waals surface area contributed by atoms with Crippen molar-refractivity contribution in [2.75, 3.05) is 0 Å². The summed E-state index contributed by atoms with van der Waals surface area (Å²) in [6.07, 6.45) is 23.1. The lowest BCUT2D eigenvalue weighted by molar-refractivity contribution is 0.459. The third-order valence-electron chi connectivity index (χ3n) is 4.13. The minimum atomic E-state index is 0.596. The van der Waals surface area contributed by atoms with E-state index in [0.29, 0.717) is 17.8 Å². The summed E-state index contributed by atoms with van der Waals surface area (Å²) in [6.45, 7) is 6.20. The molecule has 0 spiro atoms. The smallest absolute Gasteiger partial charge is 0.00179 e. The Morgan fingerprint density at radius 3 is 3.00 bits per heavy atom. The van der Waals surface area contributed by atoms with Crippen LogP contribution in [0.2, 0.25) is 0 Å². The summed E-state index contributed by atoms with van der Waals surface area (Å²) >= 11 is 0. The third kappa shape index (κ3) is 3.35. The van der Waals surface area contributed by atoms with Gasteiger partial charge in [-0.15, -0.1) is 6.58 Å². The molecule has 3 unspecified atom stereocenters. The molecule has 0 amide bonds. The van der Waals surface area contributed by atoms with Crippen molar-refractivity contribution in [2.24, 2.45) is 17.8 Å². The van der Waals surface area contributed by atoms with E-state index < -0.39 is 0 Å². The first-order valence-corrected chi connectivity index (χ1v) is 7.15. The molecule has 0 aromatic carbocycles. The highest BCUT2D eigenvalue weighted by molar-refractivity contribution is 5.32. The van der Waals surface area contributed by atoms with E-state index in [2.05, 4.69) is 62.1 Å². The fraction of sp³-hybridized carbons (Fsp3) is 0.444. The number of allylic oxidation sites excluding steroid dienone is 9. The van der Waals surface area contributed by atoms with E-state index in [4.69, 9.17) is 0 Å². The predicted octanol–water partition coefficient (Wildman–Crippen LogP) is 5.22. The first kappa shape index (κ1) is 13.1. The third-order valence-corrected chi connectivity index (χ3v) is 4.13. The molecule has 0 heterocycles. The minimum absolute atomic E-state index is 0.596. The lowest BCUT2D eigenvalue weighted by Gasteiger charge is -2.15. The normalized spacial score (nSPS) is 29.3. The molecular weight excluding hydrogens is 216 g/mol. The largest absolute Gasteiger partial charge is 0.103 e. The zero-order valence-electron chi connectivity index (χ0n) is 11.4. The number of hydrogen-bond acceptors (Lipinski definition) is 0. The Bertz CT molecular complexity index is 392. The standard InChI is InChI=1S/C18H24/c1-3-15(2)16-11-8-12-18(14-13-16)17-9-6-4-5-7-10-17/h3-4,6-7,9-10,13-16,18H,1,5,8,11-12H2,2H3. The number of hydrogen-bond donors (Lipinski definition) is 0. The van der Waals surface area contributed by atoms with Gasteiger partial charge in [0.1, 0.15) is 0 Å². The predicted molar refractivity (Wildman–Crippen MR) is 80.3 cm³/mol. The van der Waals surface area contributed by atoms with Crippen LogP contribution in [0.3, 0.4) is 0 Å². The first-order chi connectivity index (χ1) is 8.81. The van der Waals surface area contributed by atoms with Crippen molar-refractivity contribution in [3.8, 4) is 0 Å². The van der Waals surface area contributed by atoms with Gasteiger partial charge in [0.05, 0.1) is 0 Å². The van der Waals surface area contributed by atoms with E-state index in [0.717, 1.165) is 6.42 Å². The Hall–Kier alpha value is -1.30. The second kappa shape index (κ2) is 6.58. The van der Waals surface area contributed by atoms with Crippen molar-refractivity contribution in [2.45, 2.75) is 32.6 Å². The van der Waals surface area contributed by atoms with Crippen LogP contribution in [0.5, 0.6) is 0 Å². The van der Waals surface area contributed by atoms with Gasteiger partial charge in [0.15, 0.2) is 0 Å². The molecule has 0 aromatic heterocycles. The van der Waals surface area contributed by atoms with Crippen LogP contribution in [0, 0.1) is 17.8 Å². The van der Waals surface area contributed by atoms with Crippen molar-refractivity contribution in [1.82, 2.24) is 0 Å². The molecule has 2 aliphatic carbocycles. The average Bonchev–Trinajstić information content (AvgIpc) is 2.80. The van der Waals surface area contributed by atoms with Gasteiger partial charge in [0, 0.05) is 5.92 Å². The molecule has 0 N–H and O–H groups in total. The quantitative estimate of drug-likeness (QED) is 0.593. The highest BCUT2D eigenvalue weighted by Gasteiger charge is 2.18. The Morgan fingerprint density at radius 1 is 1.28 bits per heavy atom. The number of rotatable bonds is 3. The van der Waals surface area contributed by atoms with Crippen molar-refractivity contribution in [1.29, 1.82) is 0 Å². The second-order valence-electron chi connectivity index (χ2n) is 5.41. The van der Waals surface area contributed by atoms with Gasteiger partial charge < -0.3 is 0 Å². The van der Waals surface area contributed by atoms with Crippen LogP contribution >= 0.6 is 0 Å². The van der Waals surface area contributed by atoms with E-state index in [1.165, 1.54) is 24.8 Å². The molecule has 0 heteroatoms. The molecule has 0 fully saturated rings. The van der Waals surface area contributed by atoms with E-state index in [1.54, 1.807) is 0 Å². The maximum absolute atomic E-state index is 3.92. The molecule has 2 rings (SSSR count). The van der Waals surface area contributed by atoms with Crippen LogP contribution in [0.4, 0.5) is 0 Å². The van der Waals surface area contributed by atoms with E-state index in [-0.39, 0.29) is 0 Å². The van der Waals surface area contributed by atoms with Gasteiger partial charge in [-0.05, 0) is 36.7 Å². The summed E-state index contributed by atoms with van der Waals surface area (Å²) in [5.74, 6) is 1.88. The lowest BCUT2D eigenvalue weighted by atomic mass is 9.90. The molecule has 96 valence electrons. The molecule has 0 saturated carbocycles. The second-order valence-corrected chi connectivity index (χ2v) is 5.41. The van der Waals surface area contributed by atoms with Gasteiger partial charge in [0.2, 0.25) is 0 Å². The topological polar surface area (TPSA) is 0 Å². The molecule has 0 saturated heterocycles. The SMILES string of the molecule is C=CC(C)C1C=CC(C2=CC=CCC=C2)CCC1. The van der Waals surface area contributed by atoms with Crippen molar-refractivity contribution in [3.63, 3.8) is 0 Å². The molecule has 0 aliphatic heterocycles. The fourth-order valence-electron chi connectivity index (χ4n) is 2.78. The lowest BCUT2D eigenvalue weighted by Crippen LogP contribution is -2.05. The van der Waals surface area contributed by atoms with Gasteiger partial charge in [-0.3, -0.25) is 0 Å². The molecule has 0 nitrogen and oxygen atoms in total. The Morgan fingerprint density at radius 2 is 2.17 bits per heavy atom. The van der Waals surface area contributed by atoms with Crippen LogP contribution in [0.25, 0.3) is 0 Å². The molecule has 2 aliphatic rings. The highest BCUT2D eigenvalue weighted by Crippen LogP contribution is 2.31. The monoisotopic (exact) mass is 240 g/mol. The van der Waals surface area contributed by atoms with Crippen LogP contribution in [-0.2, 0) is 0 Å². The zero-order chi connectivity index (χ0) is 12.8. The van der Waals surface area contributed by atoms with Crippen LogP contribution in [-0.4, -0.2) is 0 Å². The summed E-state index contributed by atoms with van der Waals surface area (Å²) in [5, 5.41) is 0. The minimum Gasteiger partial charge on any atom is -0.103 e. The molecule has 0 radical (unpaired) electrons. The summed E-state index contributed by atoms with van der Waals surface area (Å²) < 4.78 is 0. The average molecular weight is 240 g/mol. The van der Waals surface area contributed by atoms with E-state index in [1.807, 2.05) is 0 Å². The fourth-order valence-corrected chi connectivity index (χ4v) is 2.78. The summed E-state index contributed by atoms with van der Waals surface area (Å²) in [4.78, 5) is 0. The Labute approximate surface area is 111 Å². The summed E-state index contributed by atoms with van der Waals surface area (Å²) in [5.41, 5.74) is 1.46. The van der Waals surface area contributed by atoms with Crippen molar-refractivity contribution >= 4 is 0 Å². The maximum Gasteiger partial charge on any atom is 0.00179 e. The zero-order valence-corrected chi connectivity index (χ0v) is 11.4. The Kier molecular flexibility index (Phi) is 4.81. The summed E-state index contributed by atoms with van der Waals surface area (Å²) in [6, 6.07) is 0. The van der Waals surface area contributed by atoms with Crippen molar-refractivity contribution < 1.29 is 0 Å². The molecule has 0 bridgehead atoms. The maximum atomic E-state index is 3.92. The summed E-state index contributed by atoms with van der Waals surface area (Å²) in [7, 11) is 0. The molecular formula is C18H24. The van der Waals surface area contributed by atoms with Gasteiger partial charge >= 0.3 is 0 Å². The van der Waals surface area contributed by atoms with Gasteiger partial charge in [-0.25, -0.2) is 0 Å². The van der Waals surface area contributed by atoms with Crippen LogP contribution < -0.4 is 0 Å². The van der Waals surface area contributed by atoms with E-state index in [9.17, 15) is 0 Å². The van der Waals surface area contributed by atoms with Crippen molar-refractivity contribution in [3.05, 3.63) is 60.8 Å². The van der Waals surface area contributed by atoms with Crippen LogP contribution in [0.15, 0.2) is 60.8 Å². The molecule has 0 aromatic rings. The van der Waals surface area contributed by atoms with Gasteiger partial charge in [0.25, 0.3) is 0 Å². The van der Waals surface area contributed by atoms with Gasteiger partial charge in [-0.1, -0.05) is 62.0 Å². The van der Waals surface area contributed by atoms with Crippen LogP contribution in [0.1, 0.15) is 32.6 Å². The van der Waals surface area contributed by atoms with Gasteiger partial charge in [-0.2, -0.15) is 0 Å². The molecule has 18 heavy (non-hydrogen) atoms. The first-order valence-electron chi connectivity index (χ1n) is 7.15. The highest BCUT2D eigenvalue weighted by atomic mass is 14.2. The van der Waals surface area contributed by atoms with E-state index >= 15 is 0 Å².